The lowest BCUT2D eigenvalue weighted by molar-refractivity contribution is -0.141. The minimum atomic E-state index is -4.52. The number of thiazole rings is 1. The average Bonchev–Trinajstić information content (AvgIpc) is 3.18. The van der Waals surface area contributed by atoms with Crippen LogP contribution in [-0.4, -0.2) is 28.3 Å². The second-order valence-electron chi connectivity index (χ2n) is 5.74. The highest BCUT2D eigenvalue weighted by atomic mass is 32.2. The van der Waals surface area contributed by atoms with E-state index >= 15 is 0 Å². The normalized spacial score (nSPS) is 13.8. The fourth-order valence-corrected chi connectivity index (χ4v) is 5.38. The molecule has 0 aliphatic rings. The van der Waals surface area contributed by atoms with Crippen LogP contribution in [0.15, 0.2) is 56.7 Å². The molecule has 2 aromatic heterocycles. The largest absolute Gasteiger partial charge is 0.497 e. The first-order chi connectivity index (χ1) is 13.2. The molecule has 3 aromatic rings. The summed E-state index contributed by atoms with van der Waals surface area (Å²) in [4.78, 5) is 7.85. The van der Waals surface area contributed by atoms with E-state index in [4.69, 9.17) is 4.74 Å². The van der Waals surface area contributed by atoms with Crippen LogP contribution in [0.2, 0.25) is 0 Å². The molecule has 1 unspecified atom stereocenters. The van der Waals surface area contributed by atoms with Gasteiger partial charge >= 0.3 is 6.18 Å². The van der Waals surface area contributed by atoms with Gasteiger partial charge in [-0.2, -0.15) is 13.2 Å². The third-order valence-corrected chi connectivity index (χ3v) is 7.57. The van der Waals surface area contributed by atoms with Crippen LogP contribution in [0.3, 0.4) is 0 Å². The van der Waals surface area contributed by atoms with Gasteiger partial charge in [0.1, 0.15) is 21.2 Å². The zero-order valence-corrected chi connectivity index (χ0v) is 16.6. The van der Waals surface area contributed by atoms with Crippen molar-refractivity contribution in [3.05, 3.63) is 59.2 Å². The minimum Gasteiger partial charge on any atom is -0.497 e. The predicted molar refractivity (Wildman–Crippen MR) is 102 cm³/mol. The van der Waals surface area contributed by atoms with Crippen LogP contribution in [-0.2, 0) is 21.7 Å². The van der Waals surface area contributed by atoms with Crippen molar-refractivity contribution in [2.75, 3.05) is 14.2 Å². The number of alkyl halides is 3. The second kappa shape index (κ2) is 7.88. The van der Waals surface area contributed by atoms with E-state index in [0.29, 0.717) is 21.3 Å². The van der Waals surface area contributed by atoms with Gasteiger partial charge < -0.3 is 4.74 Å². The molecule has 148 valence electrons. The van der Waals surface area contributed by atoms with Crippen molar-refractivity contribution >= 4 is 21.1 Å². The van der Waals surface area contributed by atoms with Gasteiger partial charge in [-0.05, 0) is 35.9 Å². The third-order valence-electron chi connectivity index (χ3n) is 3.91. The summed E-state index contributed by atoms with van der Waals surface area (Å²) in [5.74, 6) is 0.644. The molecule has 1 atom stereocenters. The Hall–Kier alpha value is -2.46. The maximum absolute atomic E-state index is 13.3. The molecule has 0 fully saturated rings. The van der Waals surface area contributed by atoms with Crippen molar-refractivity contribution in [1.29, 1.82) is 0 Å². The zero-order valence-electron chi connectivity index (χ0n) is 14.9. The average molecular weight is 427 g/mol. The summed E-state index contributed by atoms with van der Waals surface area (Å²) in [5, 5.41) is 1.77. The summed E-state index contributed by atoms with van der Waals surface area (Å²) >= 11 is 1.20. The SMILES string of the molecule is CN=S(=O)(Cc1ccc(C(F)(F)F)nc1)c1nc(-c2ccc(OC)cc2)cs1. The molecule has 10 heteroatoms. The van der Waals surface area contributed by atoms with Crippen LogP contribution in [0, 0.1) is 0 Å². The molecule has 3 rings (SSSR count). The Kier molecular flexibility index (Phi) is 5.71. The summed E-state index contributed by atoms with van der Waals surface area (Å²) in [7, 11) is 0.0638. The molecular weight excluding hydrogens is 411 g/mol. The van der Waals surface area contributed by atoms with Gasteiger partial charge in [-0.3, -0.25) is 4.98 Å². The van der Waals surface area contributed by atoms with Gasteiger partial charge in [0.2, 0.25) is 0 Å². The number of nitrogens with zero attached hydrogens (tertiary/aromatic N) is 3. The number of ether oxygens (including phenoxy) is 1. The Labute approximate surface area is 164 Å². The van der Waals surface area contributed by atoms with Crippen LogP contribution >= 0.6 is 11.3 Å². The number of pyridine rings is 1. The molecule has 28 heavy (non-hydrogen) atoms. The number of methoxy groups -OCH3 is 1. The molecule has 0 amide bonds. The van der Waals surface area contributed by atoms with Crippen molar-refractivity contribution in [3.63, 3.8) is 0 Å². The van der Waals surface area contributed by atoms with Gasteiger partial charge in [0.25, 0.3) is 0 Å². The molecule has 0 aliphatic carbocycles. The molecule has 5 nitrogen and oxygen atoms in total. The molecule has 0 saturated carbocycles. The maximum atomic E-state index is 13.3. The number of benzene rings is 1. The van der Waals surface area contributed by atoms with Crippen LogP contribution in [0.25, 0.3) is 11.3 Å². The van der Waals surface area contributed by atoms with Crippen molar-refractivity contribution in [3.8, 4) is 17.0 Å². The summed E-state index contributed by atoms with van der Waals surface area (Å²) < 4.78 is 60.6. The highest BCUT2D eigenvalue weighted by Crippen LogP contribution is 2.30. The summed E-state index contributed by atoms with van der Waals surface area (Å²) in [5.41, 5.74) is 0.874. The molecule has 0 aliphatic heterocycles. The molecule has 0 N–H and O–H groups in total. The van der Waals surface area contributed by atoms with Gasteiger partial charge in [0, 0.05) is 24.2 Å². The fourth-order valence-electron chi connectivity index (χ4n) is 2.41. The number of rotatable bonds is 5. The maximum Gasteiger partial charge on any atom is 0.433 e. The lowest BCUT2D eigenvalue weighted by Gasteiger charge is -2.08. The monoisotopic (exact) mass is 427 g/mol. The second-order valence-corrected chi connectivity index (χ2v) is 9.18. The zero-order chi connectivity index (χ0) is 20.4. The Morgan fingerprint density at radius 1 is 1.18 bits per heavy atom. The third kappa shape index (κ3) is 4.33. The van der Waals surface area contributed by atoms with Crippen molar-refractivity contribution in [2.24, 2.45) is 4.36 Å². The molecule has 0 bridgehead atoms. The fraction of sp³-hybridized carbons (Fsp3) is 0.222. The molecule has 1 aromatic carbocycles. The Morgan fingerprint density at radius 3 is 2.43 bits per heavy atom. The molecule has 0 radical (unpaired) electrons. The van der Waals surface area contributed by atoms with Crippen molar-refractivity contribution < 1.29 is 22.1 Å². The van der Waals surface area contributed by atoms with E-state index in [0.717, 1.165) is 17.8 Å². The van der Waals surface area contributed by atoms with E-state index in [1.54, 1.807) is 24.6 Å². The molecular formula is C18H16F3N3O2S2. The van der Waals surface area contributed by atoms with E-state index in [9.17, 15) is 17.4 Å². The first kappa shape index (κ1) is 20.3. The first-order valence-electron chi connectivity index (χ1n) is 8.00. The molecule has 0 saturated heterocycles. The number of halogens is 3. The van der Waals surface area contributed by atoms with Gasteiger partial charge in [0.15, 0.2) is 4.34 Å². The Morgan fingerprint density at radius 2 is 1.89 bits per heavy atom. The van der Waals surface area contributed by atoms with Gasteiger partial charge in [-0.25, -0.2) is 13.6 Å². The number of hydrogen-bond acceptors (Lipinski definition) is 6. The van der Waals surface area contributed by atoms with Gasteiger partial charge in [0.05, 0.1) is 18.6 Å². The highest BCUT2D eigenvalue weighted by Gasteiger charge is 2.32. The van der Waals surface area contributed by atoms with Crippen LogP contribution < -0.4 is 4.74 Å². The smallest absolute Gasteiger partial charge is 0.433 e. The quantitative estimate of drug-likeness (QED) is 0.582. The topological polar surface area (TPSA) is 64.4 Å². The summed E-state index contributed by atoms with van der Waals surface area (Å²) in [6.45, 7) is 0. The summed E-state index contributed by atoms with van der Waals surface area (Å²) in [6, 6.07) is 9.40. The Bertz CT molecular complexity index is 1070. The van der Waals surface area contributed by atoms with Crippen LogP contribution in [0.1, 0.15) is 11.3 Å². The Balaban J connectivity index is 1.86. The number of hydrogen-bond donors (Lipinski definition) is 0. The highest BCUT2D eigenvalue weighted by molar-refractivity contribution is 7.94. The lowest BCUT2D eigenvalue weighted by Crippen LogP contribution is -2.09. The van der Waals surface area contributed by atoms with E-state index < -0.39 is 21.6 Å². The standard InChI is InChI=1S/C18H16F3N3O2S2/c1-22-28(25,11-12-3-8-16(23-9-12)18(19,20)21)17-24-15(10-27-17)13-4-6-14(26-2)7-5-13/h3-10H,11H2,1-2H3. The van der Waals surface area contributed by atoms with Gasteiger partial charge in [-0.1, -0.05) is 6.07 Å². The minimum absolute atomic E-state index is 0.0653. The van der Waals surface area contributed by atoms with Crippen molar-refractivity contribution in [2.45, 2.75) is 16.3 Å². The van der Waals surface area contributed by atoms with E-state index in [1.807, 2.05) is 12.1 Å². The van der Waals surface area contributed by atoms with Crippen molar-refractivity contribution in [1.82, 2.24) is 9.97 Å². The van der Waals surface area contributed by atoms with E-state index in [-0.39, 0.29) is 5.75 Å². The van der Waals surface area contributed by atoms with Gasteiger partial charge in [-0.15, -0.1) is 11.3 Å². The van der Waals surface area contributed by atoms with Crippen LogP contribution in [0.4, 0.5) is 13.2 Å². The molecule has 2 heterocycles. The summed E-state index contributed by atoms with van der Waals surface area (Å²) in [6.07, 6.45) is -3.44. The number of aromatic nitrogens is 2. The molecule has 0 spiro atoms. The lowest BCUT2D eigenvalue weighted by atomic mass is 10.2. The predicted octanol–water partition coefficient (Wildman–Crippen LogP) is 4.89. The van der Waals surface area contributed by atoms with E-state index in [1.165, 1.54) is 24.5 Å². The first-order valence-corrected chi connectivity index (χ1v) is 10.6. The van der Waals surface area contributed by atoms with E-state index in [2.05, 4.69) is 14.3 Å². The van der Waals surface area contributed by atoms with Crippen LogP contribution in [0.5, 0.6) is 5.75 Å².